The number of hydroxylamine groups is 4. The van der Waals surface area contributed by atoms with Crippen molar-refractivity contribution >= 4 is 0 Å². The van der Waals surface area contributed by atoms with Gasteiger partial charge in [0.15, 0.2) is 0 Å². The highest BCUT2D eigenvalue weighted by Gasteiger charge is 2.24. The predicted octanol–water partition coefficient (Wildman–Crippen LogP) is -2.11. The second-order valence-corrected chi connectivity index (χ2v) is 6.05. The monoisotopic (exact) mass is 314 g/mol. The molecule has 0 amide bonds. The van der Waals surface area contributed by atoms with E-state index in [4.69, 9.17) is 9.68 Å². The number of piperazine rings is 3. The van der Waals surface area contributed by atoms with Gasteiger partial charge in [-0.25, -0.2) is 0 Å². The molecule has 22 heavy (non-hydrogen) atoms. The zero-order valence-electron chi connectivity index (χ0n) is 13.4. The van der Waals surface area contributed by atoms with E-state index in [1.807, 2.05) is 10.1 Å². The predicted molar refractivity (Wildman–Crippen MR) is 84.2 cm³/mol. The Hall–Kier alpha value is -0.320. The molecule has 0 aliphatic carbocycles. The number of hydrogen-bond acceptors (Lipinski definition) is 8. The molecule has 3 aliphatic rings. The Morgan fingerprint density at radius 3 is 1.50 bits per heavy atom. The van der Waals surface area contributed by atoms with Crippen LogP contribution in [0.1, 0.15) is 0 Å². The molecular formula is C14H30N6O2. The van der Waals surface area contributed by atoms with Crippen LogP contribution in [0.4, 0.5) is 0 Å². The lowest BCUT2D eigenvalue weighted by molar-refractivity contribution is -0.354. The first-order valence-electron chi connectivity index (χ1n) is 8.58. The second kappa shape index (κ2) is 9.09. The van der Waals surface area contributed by atoms with E-state index in [2.05, 4.69) is 20.9 Å². The summed E-state index contributed by atoms with van der Waals surface area (Å²) in [7, 11) is 0. The quantitative estimate of drug-likeness (QED) is 0.482. The van der Waals surface area contributed by atoms with Crippen molar-refractivity contribution in [3.8, 4) is 0 Å². The van der Waals surface area contributed by atoms with Crippen LogP contribution in [0.25, 0.3) is 0 Å². The van der Waals surface area contributed by atoms with E-state index in [1.165, 1.54) is 0 Å². The summed E-state index contributed by atoms with van der Waals surface area (Å²) in [5.41, 5.74) is 0. The summed E-state index contributed by atoms with van der Waals surface area (Å²) in [5, 5.41) is 14.2. The molecule has 128 valence electrons. The van der Waals surface area contributed by atoms with Gasteiger partial charge in [0, 0.05) is 78.5 Å². The van der Waals surface area contributed by atoms with Gasteiger partial charge in [-0.3, -0.25) is 14.6 Å². The van der Waals surface area contributed by atoms with E-state index in [9.17, 15) is 0 Å². The molecule has 3 fully saturated rings. The van der Waals surface area contributed by atoms with Crippen molar-refractivity contribution < 1.29 is 9.68 Å². The maximum atomic E-state index is 6.14. The molecule has 8 heteroatoms. The number of nitrogens with one attached hydrogen (secondary N) is 3. The normalized spacial score (nSPS) is 26.6. The van der Waals surface area contributed by atoms with Gasteiger partial charge in [-0.15, -0.1) is 0 Å². The molecule has 3 heterocycles. The Morgan fingerprint density at radius 1 is 0.636 bits per heavy atom. The van der Waals surface area contributed by atoms with Gasteiger partial charge in [-0.05, 0) is 0 Å². The van der Waals surface area contributed by atoms with Crippen molar-refractivity contribution in [2.45, 2.75) is 6.29 Å². The average molecular weight is 314 g/mol. The standard InChI is InChI=1S/C14H30N6O2/c1-7-18(8-2-15-1)13-14(21-19-9-3-16-4-10-19)22-20-11-5-17-6-12-20/h14-17H,1-13H2. The number of nitrogens with zero attached hydrogens (tertiary/aromatic N) is 3. The lowest BCUT2D eigenvalue weighted by Gasteiger charge is -2.37. The first kappa shape index (κ1) is 16.5. The Labute approximate surface area is 133 Å². The van der Waals surface area contributed by atoms with Gasteiger partial charge in [0.05, 0.1) is 6.54 Å². The highest BCUT2D eigenvalue weighted by molar-refractivity contribution is 4.70. The maximum absolute atomic E-state index is 6.14. The molecule has 0 atom stereocenters. The summed E-state index contributed by atoms with van der Waals surface area (Å²) in [5.74, 6) is 0. The minimum absolute atomic E-state index is 0.214. The minimum Gasteiger partial charge on any atom is -0.314 e. The smallest absolute Gasteiger partial charge is 0.209 e. The van der Waals surface area contributed by atoms with Crippen molar-refractivity contribution in [2.75, 3.05) is 85.1 Å². The largest absolute Gasteiger partial charge is 0.314 e. The van der Waals surface area contributed by atoms with Gasteiger partial charge in [-0.1, -0.05) is 0 Å². The van der Waals surface area contributed by atoms with E-state index in [1.54, 1.807) is 0 Å². The zero-order chi connectivity index (χ0) is 15.0. The molecule has 3 aliphatic heterocycles. The van der Waals surface area contributed by atoms with Crippen LogP contribution < -0.4 is 16.0 Å². The van der Waals surface area contributed by atoms with Crippen LogP contribution in [0.2, 0.25) is 0 Å². The van der Waals surface area contributed by atoms with Crippen molar-refractivity contribution in [1.29, 1.82) is 0 Å². The molecule has 0 spiro atoms. The first-order chi connectivity index (χ1) is 10.9. The fraction of sp³-hybridized carbons (Fsp3) is 1.00. The third-order valence-corrected chi connectivity index (χ3v) is 4.30. The Bertz CT molecular complexity index is 256. The Kier molecular flexibility index (Phi) is 6.83. The number of rotatable bonds is 6. The molecule has 3 N–H and O–H groups in total. The molecule has 0 aromatic rings. The van der Waals surface area contributed by atoms with Crippen LogP contribution >= 0.6 is 0 Å². The molecule has 0 bridgehead atoms. The van der Waals surface area contributed by atoms with Gasteiger partial charge < -0.3 is 16.0 Å². The second-order valence-electron chi connectivity index (χ2n) is 6.05. The van der Waals surface area contributed by atoms with Gasteiger partial charge in [0.25, 0.3) is 0 Å². The maximum Gasteiger partial charge on any atom is 0.209 e. The molecule has 0 aromatic heterocycles. The van der Waals surface area contributed by atoms with Gasteiger partial charge in [0.2, 0.25) is 6.29 Å². The van der Waals surface area contributed by atoms with Crippen LogP contribution in [0.3, 0.4) is 0 Å². The molecule has 0 radical (unpaired) electrons. The minimum atomic E-state index is -0.214. The van der Waals surface area contributed by atoms with Crippen molar-refractivity contribution in [3.63, 3.8) is 0 Å². The summed E-state index contributed by atoms with van der Waals surface area (Å²) in [6, 6.07) is 0. The summed E-state index contributed by atoms with van der Waals surface area (Å²) in [6.07, 6.45) is -0.214. The van der Waals surface area contributed by atoms with E-state index in [0.717, 1.165) is 85.1 Å². The molecular weight excluding hydrogens is 284 g/mol. The van der Waals surface area contributed by atoms with Crippen LogP contribution in [0.5, 0.6) is 0 Å². The Balaban J connectivity index is 1.50. The Morgan fingerprint density at radius 2 is 1.05 bits per heavy atom. The fourth-order valence-corrected chi connectivity index (χ4v) is 3.02. The summed E-state index contributed by atoms with van der Waals surface area (Å²) in [4.78, 5) is 14.7. The molecule has 0 unspecified atom stereocenters. The highest BCUT2D eigenvalue weighted by atomic mass is 16.9. The lowest BCUT2D eigenvalue weighted by atomic mass is 10.3. The first-order valence-corrected chi connectivity index (χ1v) is 8.58. The molecule has 0 saturated carbocycles. The summed E-state index contributed by atoms with van der Waals surface area (Å²) >= 11 is 0. The van der Waals surface area contributed by atoms with Crippen LogP contribution in [-0.2, 0) is 9.68 Å². The van der Waals surface area contributed by atoms with Crippen molar-refractivity contribution in [2.24, 2.45) is 0 Å². The third kappa shape index (κ3) is 5.39. The molecule has 0 aromatic carbocycles. The zero-order valence-corrected chi connectivity index (χ0v) is 13.4. The average Bonchev–Trinajstić information content (AvgIpc) is 2.57. The molecule has 3 rings (SSSR count). The van der Waals surface area contributed by atoms with E-state index in [-0.39, 0.29) is 6.29 Å². The summed E-state index contributed by atoms with van der Waals surface area (Å²) < 4.78 is 0. The van der Waals surface area contributed by atoms with Crippen LogP contribution in [0, 0.1) is 0 Å². The van der Waals surface area contributed by atoms with Crippen LogP contribution in [-0.4, -0.2) is 106 Å². The third-order valence-electron chi connectivity index (χ3n) is 4.30. The topological polar surface area (TPSA) is 64.3 Å². The fourth-order valence-electron chi connectivity index (χ4n) is 3.02. The SMILES string of the molecule is C1CN(CC(ON2CCNCC2)ON2CCNCC2)CCN1. The van der Waals surface area contributed by atoms with E-state index < -0.39 is 0 Å². The number of hydrogen-bond donors (Lipinski definition) is 3. The highest BCUT2D eigenvalue weighted by Crippen LogP contribution is 2.08. The van der Waals surface area contributed by atoms with Crippen molar-refractivity contribution in [1.82, 2.24) is 31.0 Å². The lowest BCUT2D eigenvalue weighted by Crippen LogP contribution is -2.53. The van der Waals surface area contributed by atoms with Gasteiger partial charge >= 0.3 is 0 Å². The van der Waals surface area contributed by atoms with Crippen LogP contribution in [0.15, 0.2) is 0 Å². The summed E-state index contributed by atoms with van der Waals surface area (Å²) in [6.45, 7) is 12.7. The van der Waals surface area contributed by atoms with E-state index >= 15 is 0 Å². The van der Waals surface area contributed by atoms with Gasteiger partial charge in [0.1, 0.15) is 0 Å². The van der Waals surface area contributed by atoms with Crippen molar-refractivity contribution in [3.05, 3.63) is 0 Å². The molecule has 3 saturated heterocycles. The molecule has 8 nitrogen and oxygen atoms in total. The van der Waals surface area contributed by atoms with E-state index in [0.29, 0.717) is 0 Å². The van der Waals surface area contributed by atoms with Gasteiger partial charge in [-0.2, -0.15) is 10.1 Å².